The molecule has 0 spiro atoms. The van der Waals surface area contributed by atoms with E-state index in [9.17, 15) is 0 Å². The van der Waals surface area contributed by atoms with Gasteiger partial charge in [0.1, 0.15) is 0 Å². The maximum Gasteiger partial charge on any atom is 0.00974 e. The summed E-state index contributed by atoms with van der Waals surface area (Å²) < 4.78 is 0. The molecule has 0 amide bonds. The molecule has 0 rings (SSSR count). The molecule has 0 heterocycles. The van der Waals surface area contributed by atoms with Gasteiger partial charge in [0.05, 0.1) is 0 Å². The van der Waals surface area contributed by atoms with E-state index in [0.717, 1.165) is 6.54 Å². The van der Waals surface area contributed by atoms with Crippen LogP contribution in [0.3, 0.4) is 0 Å². The molecule has 0 aliphatic carbocycles. The van der Waals surface area contributed by atoms with Crippen LogP contribution in [0.5, 0.6) is 0 Å². The molecule has 15 heavy (non-hydrogen) atoms. The molecule has 0 saturated carbocycles. The normalized spacial score (nSPS) is 10.8. The molecule has 0 aliphatic rings. The van der Waals surface area contributed by atoms with Crippen molar-refractivity contribution < 1.29 is 0 Å². The quantitative estimate of drug-likeness (QED) is 0.295. The molecule has 0 saturated heterocycles. The van der Waals surface area contributed by atoms with Gasteiger partial charge < -0.3 is 0 Å². The SMILES string of the molecule is CCCCCCCCCCCCCNN. The first kappa shape index (κ1) is 14.9. The fourth-order valence-electron chi connectivity index (χ4n) is 1.89. The van der Waals surface area contributed by atoms with E-state index in [0.29, 0.717) is 0 Å². The average Bonchev–Trinajstić information content (AvgIpc) is 2.26. The molecule has 2 nitrogen and oxygen atoms in total. The molecular formula is C13H30N2. The topological polar surface area (TPSA) is 38.0 Å². The van der Waals surface area contributed by atoms with Crippen molar-refractivity contribution in [3.63, 3.8) is 0 Å². The largest absolute Gasteiger partial charge is 0.271 e. The van der Waals surface area contributed by atoms with E-state index < -0.39 is 0 Å². The second-order valence-electron chi connectivity index (χ2n) is 4.49. The summed E-state index contributed by atoms with van der Waals surface area (Å²) in [5, 5.41) is 0. The molecule has 92 valence electrons. The summed E-state index contributed by atoms with van der Waals surface area (Å²) in [6.07, 6.45) is 15.4. The molecule has 0 aliphatic heterocycles. The van der Waals surface area contributed by atoms with Gasteiger partial charge in [-0.25, -0.2) is 0 Å². The number of nitrogens with two attached hydrogens (primary N) is 1. The first-order chi connectivity index (χ1) is 7.41. The Balaban J connectivity index is 2.81. The van der Waals surface area contributed by atoms with Crippen LogP contribution in [0, 0.1) is 0 Å². The molecule has 0 unspecified atom stereocenters. The van der Waals surface area contributed by atoms with Crippen LogP contribution < -0.4 is 11.3 Å². The summed E-state index contributed by atoms with van der Waals surface area (Å²) >= 11 is 0. The zero-order chi connectivity index (χ0) is 11.2. The molecule has 0 atom stereocenters. The van der Waals surface area contributed by atoms with E-state index in [1.807, 2.05) is 0 Å². The fourth-order valence-corrected chi connectivity index (χ4v) is 1.89. The lowest BCUT2D eigenvalue weighted by Crippen LogP contribution is -2.22. The summed E-state index contributed by atoms with van der Waals surface area (Å²) in [6, 6.07) is 0. The van der Waals surface area contributed by atoms with E-state index in [1.165, 1.54) is 70.6 Å². The summed E-state index contributed by atoms with van der Waals surface area (Å²) in [5.74, 6) is 5.20. The predicted octanol–water partition coefficient (Wildman–Crippen LogP) is 3.76. The maximum atomic E-state index is 5.20. The average molecular weight is 214 g/mol. The summed E-state index contributed by atoms with van der Waals surface area (Å²) in [6.45, 7) is 3.24. The van der Waals surface area contributed by atoms with Crippen LogP contribution in [-0.4, -0.2) is 6.54 Å². The molecule has 3 N–H and O–H groups in total. The molecule has 0 radical (unpaired) electrons. The van der Waals surface area contributed by atoms with Gasteiger partial charge in [-0.05, 0) is 6.42 Å². The van der Waals surface area contributed by atoms with Gasteiger partial charge in [-0.3, -0.25) is 11.3 Å². The van der Waals surface area contributed by atoms with Gasteiger partial charge in [-0.2, -0.15) is 0 Å². The van der Waals surface area contributed by atoms with Crippen molar-refractivity contribution in [3.05, 3.63) is 0 Å². The highest BCUT2D eigenvalue weighted by atomic mass is 15.2. The third-order valence-corrected chi connectivity index (χ3v) is 2.92. The highest BCUT2D eigenvalue weighted by Crippen LogP contribution is 2.10. The Hall–Kier alpha value is -0.0800. The molecule has 0 fully saturated rings. The minimum atomic E-state index is 0.969. The Morgan fingerprint density at radius 1 is 0.667 bits per heavy atom. The Morgan fingerprint density at radius 2 is 1.07 bits per heavy atom. The van der Waals surface area contributed by atoms with Crippen LogP contribution in [0.1, 0.15) is 77.6 Å². The van der Waals surface area contributed by atoms with Crippen molar-refractivity contribution in [2.24, 2.45) is 5.84 Å². The minimum Gasteiger partial charge on any atom is -0.271 e. The van der Waals surface area contributed by atoms with Crippen molar-refractivity contribution in [2.75, 3.05) is 6.54 Å². The van der Waals surface area contributed by atoms with Crippen molar-refractivity contribution in [2.45, 2.75) is 77.6 Å². The molecule has 2 heteroatoms. The first-order valence-corrected chi connectivity index (χ1v) is 6.85. The van der Waals surface area contributed by atoms with Crippen molar-refractivity contribution in [1.29, 1.82) is 0 Å². The van der Waals surface area contributed by atoms with Crippen LogP contribution in [0.4, 0.5) is 0 Å². The zero-order valence-electron chi connectivity index (χ0n) is 10.6. The summed E-state index contributed by atoms with van der Waals surface area (Å²) in [4.78, 5) is 0. The third kappa shape index (κ3) is 13.9. The van der Waals surface area contributed by atoms with Gasteiger partial charge >= 0.3 is 0 Å². The second-order valence-corrected chi connectivity index (χ2v) is 4.49. The van der Waals surface area contributed by atoms with E-state index in [1.54, 1.807) is 0 Å². The Labute approximate surface area is 96.0 Å². The maximum absolute atomic E-state index is 5.20. The van der Waals surface area contributed by atoms with E-state index in [2.05, 4.69) is 12.3 Å². The van der Waals surface area contributed by atoms with Gasteiger partial charge in [0.25, 0.3) is 0 Å². The van der Waals surface area contributed by atoms with Crippen molar-refractivity contribution in [1.82, 2.24) is 5.43 Å². The number of hydrogen-bond acceptors (Lipinski definition) is 2. The minimum absolute atomic E-state index is 0.969. The number of hydrazine groups is 1. The number of hydrogen-bond donors (Lipinski definition) is 2. The van der Waals surface area contributed by atoms with Gasteiger partial charge in [-0.15, -0.1) is 0 Å². The second kappa shape index (κ2) is 13.9. The van der Waals surface area contributed by atoms with Crippen molar-refractivity contribution in [3.8, 4) is 0 Å². The molecule has 0 aromatic heterocycles. The highest BCUT2D eigenvalue weighted by Gasteiger charge is 1.92. The van der Waals surface area contributed by atoms with Gasteiger partial charge in [0.2, 0.25) is 0 Å². The Kier molecular flexibility index (Phi) is 13.8. The molecular weight excluding hydrogens is 184 g/mol. The van der Waals surface area contributed by atoms with Crippen LogP contribution in [0.2, 0.25) is 0 Å². The number of nitrogens with one attached hydrogen (secondary N) is 1. The Morgan fingerprint density at radius 3 is 1.47 bits per heavy atom. The number of unbranched alkanes of at least 4 members (excludes halogenated alkanes) is 10. The zero-order valence-corrected chi connectivity index (χ0v) is 10.6. The molecule has 0 aromatic rings. The lowest BCUT2D eigenvalue weighted by Gasteiger charge is -2.02. The van der Waals surface area contributed by atoms with E-state index in [-0.39, 0.29) is 0 Å². The molecule has 0 bridgehead atoms. The van der Waals surface area contributed by atoms with Gasteiger partial charge in [0.15, 0.2) is 0 Å². The standard InChI is InChI=1S/C13H30N2/c1-2-3-4-5-6-7-8-9-10-11-12-13-15-14/h15H,2-14H2,1H3. The Bertz CT molecular complexity index is 92.7. The van der Waals surface area contributed by atoms with Crippen LogP contribution in [-0.2, 0) is 0 Å². The van der Waals surface area contributed by atoms with Gasteiger partial charge in [0, 0.05) is 6.54 Å². The predicted molar refractivity (Wildman–Crippen MR) is 68.7 cm³/mol. The summed E-state index contributed by atoms with van der Waals surface area (Å²) in [5.41, 5.74) is 2.70. The molecule has 0 aromatic carbocycles. The lowest BCUT2D eigenvalue weighted by atomic mass is 10.1. The first-order valence-electron chi connectivity index (χ1n) is 6.85. The van der Waals surface area contributed by atoms with Crippen LogP contribution in [0.25, 0.3) is 0 Å². The van der Waals surface area contributed by atoms with Crippen LogP contribution >= 0.6 is 0 Å². The third-order valence-electron chi connectivity index (χ3n) is 2.92. The van der Waals surface area contributed by atoms with Crippen molar-refractivity contribution >= 4 is 0 Å². The number of rotatable bonds is 12. The van der Waals surface area contributed by atoms with Crippen LogP contribution in [0.15, 0.2) is 0 Å². The van der Waals surface area contributed by atoms with Gasteiger partial charge in [-0.1, -0.05) is 71.1 Å². The monoisotopic (exact) mass is 214 g/mol. The smallest absolute Gasteiger partial charge is 0.00974 e. The summed E-state index contributed by atoms with van der Waals surface area (Å²) in [7, 11) is 0. The highest BCUT2D eigenvalue weighted by molar-refractivity contribution is 4.48. The van der Waals surface area contributed by atoms with E-state index >= 15 is 0 Å². The lowest BCUT2D eigenvalue weighted by molar-refractivity contribution is 0.542. The fraction of sp³-hybridized carbons (Fsp3) is 1.00. The van der Waals surface area contributed by atoms with E-state index in [4.69, 9.17) is 5.84 Å².